The topological polar surface area (TPSA) is 32.8 Å². The zero-order chi connectivity index (χ0) is 18.5. The second-order valence-electron chi connectivity index (χ2n) is 7.42. The Morgan fingerprint density at radius 2 is 1.88 bits per heavy atom. The van der Waals surface area contributed by atoms with Gasteiger partial charge in [-0.15, -0.1) is 0 Å². The van der Waals surface area contributed by atoms with Crippen molar-refractivity contribution < 1.29 is 9.53 Å². The summed E-state index contributed by atoms with van der Waals surface area (Å²) in [5.74, 6) is 1.28. The fourth-order valence-corrected chi connectivity index (χ4v) is 3.27. The van der Waals surface area contributed by atoms with Crippen molar-refractivity contribution in [1.82, 2.24) is 9.80 Å². The normalized spacial score (nSPS) is 18.2. The molecule has 4 heteroatoms. The molecule has 4 nitrogen and oxygen atoms in total. The van der Waals surface area contributed by atoms with Crippen LogP contribution in [0.3, 0.4) is 0 Å². The first kappa shape index (κ1) is 18.5. The fraction of sp³-hybridized carbons (Fsp3) is 0.409. The molecule has 2 aromatic carbocycles. The summed E-state index contributed by atoms with van der Waals surface area (Å²) >= 11 is 0. The average molecular weight is 352 g/mol. The minimum absolute atomic E-state index is 0.0713. The number of nitrogens with zero attached hydrogens (tertiary/aromatic N) is 2. The quantitative estimate of drug-likeness (QED) is 0.819. The van der Waals surface area contributed by atoms with E-state index in [1.165, 1.54) is 5.56 Å². The molecule has 0 aromatic heterocycles. The summed E-state index contributed by atoms with van der Waals surface area (Å²) in [5, 5.41) is 0. The van der Waals surface area contributed by atoms with E-state index in [0.717, 1.165) is 25.4 Å². The first-order chi connectivity index (χ1) is 12.5. The minimum Gasteiger partial charge on any atom is -0.493 e. The Morgan fingerprint density at radius 3 is 2.62 bits per heavy atom. The highest BCUT2D eigenvalue weighted by molar-refractivity contribution is 5.95. The lowest BCUT2D eigenvalue weighted by Gasteiger charge is -2.40. The summed E-state index contributed by atoms with van der Waals surface area (Å²) < 4.78 is 5.80. The van der Waals surface area contributed by atoms with Gasteiger partial charge in [-0.05, 0) is 36.7 Å². The Kier molecular flexibility index (Phi) is 5.94. The van der Waals surface area contributed by atoms with Gasteiger partial charge in [0, 0.05) is 25.2 Å². The van der Waals surface area contributed by atoms with Gasteiger partial charge < -0.3 is 14.5 Å². The van der Waals surface area contributed by atoms with Crippen molar-refractivity contribution >= 4 is 5.91 Å². The zero-order valence-corrected chi connectivity index (χ0v) is 15.9. The molecule has 2 aromatic rings. The van der Waals surface area contributed by atoms with Crippen LogP contribution in [-0.4, -0.2) is 49.0 Å². The van der Waals surface area contributed by atoms with E-state index in [4.69, 9.17) is 4.74 Å². The van der Waals surface area contributed by atoms with Crippen molar-refractivity contribution in [2.75, 3.05) is 33.3 Å². The van der Waals surface area contributed by atoms with Crippen molar-refractivity contribution in [3.63, 3.8) is 0 Å². The van der Waals surface area contributed by atoms with Gasteiger partial charge in [-0.1, -0.05) is 50.2 Å². The number of hydrogen-bond acceptors (Lipinski definition) is 3. The predicted molar refractivity (Wildman–Crippen MR) is 104 cm³/mol. The molecule has 0 N–H and O–H groups in total. The lowest BCUT2D eigenvalue weighted by molar-refractivity contribution is 0.0497. The Balaban J connectivity index is 1.82. The number of carbonyl (C=O) groups is 1. The molecule has 26 heavy (non-hydrogen) atoms. The second-order valence-corrected chi connectivity index (χ2v) is 7.42. The van der Waals surface area contributed by atoms with Crippen LogP contribution in [0.25, 0.3) is 0 Å². The van der Waals surface area contributed by atoms with E-state index >= 15 is 0 Å². The third-order valence-electron chi connectivity index (χ3n) is 4.69. The summed E-state index contributed by atoms with van der Waals surface area (Å²) in [7, 11) is 2.11. The van der Waals surface area contributed by atoms with E-state index in [1.807, 2.05) is 47.4 Å². The van der Waals surface area contributed by atoms with Gasteiger partial charge in [0.15, 0.2) is 0 Å². The van der Waals surface area contributed by atoms with Crippen LogP contribution in [0, 0.1) is 5.92 Å². The molecule has 1 aliphatic rings. The smallest absolute Gasteiger partial charge is 0.254 e. The molecule has 1 amide bonds. The molecule has 1 atom stereocenters. The van der Waals surface area contributed by atoms with Gasteiger partial charge in [0.05, 0.1) is 12.6 Å². The molecule has 0 bridgehead atoms. The number of benzene rings is 2. The van der Waals surface area contributed by atoms with Gasteiger partial charge >= 0.3 is 0 Å². The van der Waals surface area contributed by atoms with Crippen LogP contribution in [0.4, 0.5) is 0 Å². The summed E-state index contributed by atoms with van der Waals surface area (Å²) in [6.07, 6.45) is 0. The number of ether oxygens (including phenoxy) is 1. The molecule has 0 spiro atoms. The standard InChI is InChI=1S/C22H28N2O2/c1-17(2)16-26-20-11-7-10-19(14-20)22(25)24-13-12-23(3)15-21(24)18-8-5-4-6-9-18/h4-11,14,17,21H,12-13,15-16H2,1-3H3/t21-/m0/s1. The highest BCUT2D eigenvalue weighted by Gasteiger charge is 2.30. The SMILES string of the molecule is CC(C)COc1cccc(C(=O)N2CCN(C)C[C@H]2c2ccccc2)c1. The van der Waals surface area contributed by atoms with Gasteiger partial charge in [0.1, 0.15) is 5.75 Å². The summed E-state index contributed by atoms with van der Waals surface area (Å²) in [6, 6.07) is 17.9. The summed E-state index contributed by atoms with van der Waals surface area (Å²) in [5.41, 5.74) is 1.87. The van der Waals surface area contributed by atoms with Crippen LogP contribution in [-0.2, 0) is 0 Å². The van der Waals surface area contributed by atoms with Gasteiger partial charge in [0.2, 0.25) is 0 Å². The van der Waals surface area contributed by atoms with Crippen molar-refractivity contribution in [2.45, 2.75) is 19.9 Å². The largest absolute Gasteiger partial charge is 0.493 e. The van der Waals surface area contributed by atoms with E-state index < -0.39 is 0 Å². The highest BCUT2D eigenvalue weighted by atomic mass is 16.5. The first-order valence-electron chi connectivity index (χ1n) is 9.32. The molecule has 138 valence electrons. The van der Waals surface area contributed by atoms with Crippen molar-refractivity contribution in [1.29, 1.82) is 0 Å². The van der Waals surface area contributed by atoms with Crippen molar-refractivity contribution in [3.8, 4) is 5.75 Å². The van der Waals surface area contributed by atoms with E-state index in [9.17, 15) is 4.79 Å². The van der Waals surface area contributed by atoms with Crippen LogP contribution < -0.4 is 4.74 Å². The molecular formula is C22H28N2O2. The second kappa shape index (κ2) is 8.37. The Bertz CT molecular complexity index is 730. The number of rotatable bonds is 5. The predicted octanol–water partition coefficient (Wildman–Crippen LogP) is 3.85. The Hall–Kier alpha value is -2.33. The van der Waals surface area contributed by atoms with E-state index in [1.54, 1.807) is 0 Å². The minimum atomic E-state index is 0.0713. The van der Waals surface area contributed by atoms with Gasteiger partial charge in [-0.3, -0.25) is 4.79 Å². The zero-order valence-electron chi connectivity index (χ0n) is 15.9. The Labute approximate surface area is 156 Å². The van der Waals surface area contributed by atoms with E-state index in [2.05, 4.69) is 37.9 Å². The number of piperazine rings is 1. The molecule has 0 unspecified atom stereocenters. The molecule has 1 aliphatic heterocycles. The van der Waals surface area contributed by atoms with Gasteiger partial charge in [-0.25, -0.2) is 0 Å². The maximum absolute atomic E-state index is 13.2. The molecule has 1 fully saturated rings. The van der Waals surface area contributed by atoms with Crippen LogP contribution >= 0.6 is 0 Å². The van der Waals surface area contributed by atoms with E-state index in [0.29, 0.717) is 18.1 Å². The maximum atomic E-state index is 13.2. The molecule has 1 saturated heterocycles. The molecule has 1 heterocycles. The summed E-state index contributed by atoms with van der Waals surface area (Å²) in [4.78, 5) is 17.5. The van der Waals surface area contributed by atoms with Crippen molar-refractivity contribution in [3.05, 3.63) is 65.7 Å². The van der Waals surface area contributed by atoms with E-state index in [-0.39, 0.29) is 11.9 Å². The van der Waals surface area contributed by atoms with Crippen LogP contribution in [0.15, 0.2) is 54.6 Å². The molecule has 0 aliphatic carbocycles. The monoisotopic (exact) mass is 352 g/mol. The lowest BCUT2D eigenvalue weighted by Crippen LogP contribution is -2.49. The molecule has 0 saturated carbocycles. The van der Waals surface area contributed by atoms with Crippen molar-refractivity contribution in [2.24, 2.45) is 5.92 Å². The van der Waals surface area contributed by atoms with Gasteiger partial charge in [0.25, 0.3) is 5.91 Å². The van der Waals surface area contributed by atoms with Crippen LogP contribution in [0.2, 0.25) is 0 Å². The van der Waals surface area contributed by atoms with Crippen LogP contribution in [0.1, 0.15) is 35.8 Å². The molecular weight excluding hydrogens is 324 g/mol. The molecule has 0 radical (unpaired) electrons. The number of amides is 1. The number of carbonyl (C=O) groups excluding carboxylic acids is 1. The van der Waals surface area contributed by atoms with Gasteiger partial charge in [-0.2, -0.15) is 0 Å². The third-order valence-corrected chi connectivity index (χ3v) is 4.69. The number of likely N-dealkylation sites (N-methyl/N-ethyl adjacent to an activating group) is 1. The Morgan fingerprint density at radius 1 is 1.12 bits per heavy atom. The third kappa shape index (κ3) is 4.44. The molecule has 3 rings (SSSR count). The lowest BCUT2D eigenvalue weighted by atomic mass is 10.0. The summed E-state index contributed by atoms with van der Waals surface area (Å²) in [6.45, 7) is 7.34. The van der Waals surface area contributed by atoms with Crippen LogP contribution in [0.5, 0.6) is 5.75 Å². The maximum Gasteiger partial charge on any atom is 0.254 e. The first-order valence-corrected chi connectivity index (χ1v) is 9.32. The number of hydrogen-bond donors (Lipinski definition) is 0. The average Bonchev–Trinajstić information content (AvgIpc) is 2.66. The fourth-order valence-electron chi connectivity index (χ4n) is 3.27. The highest BCUT2D eigenvalue weighted by Crippen LogP contribution is 2.27.